The minimum Gasteiger partial charge on any atom is -0.360 e. The van der Waals surface area contributed by atoms with Gasteiger partial charge in [-0.15, -0.1) is 10.2 Å². The van der Waals surface area contributed by atoms with E-state index < -0.39 is 5.92 Å². The van der Waals surface area contributed by atoms with Crippen LogP contribution >= 0.6 is 0 Å². The Morgan fingerprint density at radius 1 is 1.45 bits per heavy atom. The van der Waals surface area contributed by atoms with Gasteiger partial charge in [-0.3, -0.25) is 0 Å². The number of alkyl halides is 2. The highest BCUT2D eigenvalue weighted by molar-refractivity contribution is 5.74. The molecule has 1 heterocycles. The first-order valence-corrected chi connectivity index (χ1v) is 6.66. The Hall–Kier alpha value is -2.82. The van der Waals surface area contributed by atoms with Gasteiger partial charge >= 0.3 is 0 Å². The number of aromatic nitrogens is 4. The number of anilines is 1. The van der Waals surface area contributed by atoms with E-state index in [0.717, 1.165) is 5.56 Å². The van der Waals surface area contributed by atoms with Crippen molar-refractivity contribution in [2.24, 2.45) is 0 Å². The van der Waals surface area contributed by atoms with Crippen molar-refractivity contribution in [3.05, 3.63) is 41.9 Å². The first kappa shape index (κ1) is 14.1. The summed E-state index contributed by atoms with van der Waals surface area (Å²) in [4.78, 5) is 0. The van der Waals surface area contributed by atoms with E-state index in [9.17, 15) is 8.78 Å². The summed E-state index contributed by atoms with van der Waals surface area (Å²) in [7, 11) is 0. The second kappa shape index (κ2) is 5.52. The smallest absolute Gasteiger partial charge is 0.249 e. The molecule has 3 rings (SSSR count). The van der Waals surface area contributed by atoms with Crippen LogP contribution in [0.15, 0.2) is 30.5 Å². The number of nitriles is 1. The van der Waals surface area contributed by atoms with Gasteiger partial charge in [-0.05, 0) is 28.8 Å². The quantitative estimate of drug-likeness (QED) is 0.847. The van der Waals surface area contributed by atoms with Crippen molar-refractivity contribution >= 4 is 11.3 Å². The molecule has 1 fully saturated rings. The van der Waals surface area contributed by atoms with Crippen LogP contribution in [-0.4, -0.2) is 26.5 Å². The maximum Gasteiger partial charge on any atom is 0.249 e. The number of allylic oxidation sites excluding steroid dienone is 1. The van der Waals surface area contributed by atoms with Crippen LogP contribution in [0.2, 0.25) is 0 Å². The maximum atomic E-state index is 12.9. The van der Waals surface area contributed by atoms with Gasteiger partial charge in [0, 0.05) is 24.7 Å². The van der Waals surface area contributed by atoms with Gasteiger partial charge in [0.1, 0.15) is 11.6 Å². The van der Waals surface area contributed by atoms with Crippen LogP contribution in [0.5, 0.6) is 0 Å². The molecular formula is C14H12F2N6. The average molecular weight is 302 g/mol. The number of nitrogens with one attached hydrogen (secondary N) is 2. The predicted octanol–water partition coefficient (Wildman–Crippen LogP) is 2.69. The largest absolute Gasteiger partial charge is 0.360 e. The molecule has 0 saturated heterocycles. The van der Waals surface area contributed by atoms with Crippen LogP contribution in [0.4, 0.5) is 14.5 Å². The predicted molar refractivity (Wildman–Crippen MR) is 74.8 cm³/mol. The average Bonchev–Trinajstić information content (AvgIpc) is 3.00. The van der Waals surface area contributed by atoms with Crippen molar-refractivity contribution in [3.8, 4) is 6.07 Å². The number of nitrogens with zero attached hydrogens (tertiary/aromatic N) is 4. The first-order valence-electron chi connectivity index (χ1n) is 6.66. The molecule has 1 aliphatic rings. The Labute approximate surface area is 124 Å². The van der Waals surface area contributed by atoms with E-state index in [1.807, 2.05) is 18.2 Å². The fraction of sp³-hybridized carbons (Fsp3) is 0.286. The Kier molecular flexibility index (Phi) is 3.55. The molecule has 1 saturated carbocycles. The highest BCUT2D eigenvalue weighted by Gasteiger charge is 2.45. The van der Waals surface area contributed by atoms with E-state index in [1.165, 1.54) is 6.20 Å². The molecule has 2 aromatic rings. The zero-order valence-corrected chi connectivity index (χ0v) is 11.4. The molecule has 0 bridgehead atoms. The zero-order valence-electron chi connectivity index (χ0n) is 11.4. The number of tetrazole rings is 1. The molecular weight excluding hydrogens is 290 g/mol. The molecule has 2 N–H and O–H groups in total. The highest BCUT2D eigenvalue weighted by Crippen LogP contribution is 2.48. The summed E-state index contributed by atoms with van der Waals surface area (Å²) in [5.41, 5.74) is 1.79. The van der Waals surface area contributed by atoms with Gasteiger partial charge in [-0.2, -0.15) is 10.5 Å². The maximum absolute atomic E-state index is 12.9. The topological polar surface area (TPSA) is 90.3 Å². The van der Waals surface area contributed by atoms with Crippen LogP contribution in [0.25, 0.3) is 5.57 Å². The minimum atomic E-state index is -2.54. The highest BCUT2D eigenvalue weighted by atomic mass is 19.3. The number of hydrogen-bond acceptors (Lipinski definition) is 5. The van der Waals surface area contributed by atoms with Crippen molar-refractivity contribution in [1.82, 2.24) is 20.6 Å². The van der Waals surface area contributed by atoms with E-state index in [2.05, 4.69) is 25.9 Å². The third-order valence-corrected chi connectivity index (χ3v) is 3.54. The molecule has 1 aromatic carbocycles. The lowest BCUT2D eigenvalue weighted by Crippen LogP contribution is -2.33. The van der Waals surface area contributed by atoms with Crippen LogP contribution in [0.1, 0.15) is 30.1 Å². The van der Waals surface area contributed by atoms with Crippen molar-refractivity contribution in [2.45, 2.75) is 24.7 Å². The summed E-state index contributed by atoms with van der Waals surface area (Å²) in [5, 5.41) is 25.1. The fourth-order valence-electron chi connectivity index (χ4n) is 2.36. The summed E-state index contributed by atoms with van der Waals surface area (Å²) in [6.07, 6.45) is 1.23. The van der Waals surface area contributed by atoms with E-state index in [1.54, 1.807) is 12.1 Å². The molecule has 112 valence electrons. The summed E-state index contributed by atoms with van der Waals surface area (Å²) in [5.74, 6) is -2.47. The third-order valence-electron chi connectivity index (χ3n) is 3.54. The lowest BCUT2D eigenvalue weighted by molar-refractivity contribution is -0.0867. The van der Waals surface area contributed by atoms with E-state index >= 15 is 0 Å². The molecule has 1 aliphatic carbocycles. The van der Waals surface area contributed by atoms with Crippen LogP contribution in [0.3, 0.4) is 0 Å². The Balaban J connectivity index is 1.72. The Bertz CT molecular complexity index is 724. The van der Waals surface area contributed by atoms with Gasteiger partial charge in [0.2, 0.25) is 11.7 Å². The number of H-pyrrole nitrogens is 1. The summed E-state index contributed by atoms with van der Waals surface area (Å²) in [6.45, 7) is 0. The SMILES string of the molecule is N#CC(=CNc1cccc(C2CC(F)(F)C2)c1)c1nn[nH]n1. The molecule has 0 aliphatic heterocycles. The number of halogens is 2. The second-order valence-corrected chi connectivity index (χ2v) is 5.14. The van der Waals surface area contributed by atoms with Gasteiger partial charge < -0.3 is 5.32 Å². The lowest BCUT2D eigenvalue weighted by Gasteiger charge is -2.35. The molecule has 8 heteroatoms. The fourth-order valence-corrected chi connectivity index (χ4v) is 2.36. The molecule has 0 radical (unpaired) electrons. The Morgan fingerprint density at radius 2 is 2.27 bits per heavy atom. The lowest BCUT2D eigenvalue weighted by atomic mass is 9.77. The van der Waals surface area contributed by atoms with Crippen molar-refractivity contribution < 1.29 is 8.78 Å². The summed E-state index contributed by atoms with van der Waals surface area (Å²) < 4.78 is 25.9. The molecule has 6 nitrogen and oxygen atoms in total. The first-order chi connectivity index (χ1) is 10.6. The number of aromatic amines is 1. The van der Waals surface area contributed by atoms with Gasteiger partial charge in [-0.1, -0.05) is 12.1 Å². The monoisotopic (exact) mass is 302 g/mol. The molecule has 0 spiro atoms. The number of hydrogen-bond donors (Lipinski definition) is 2. The van der Waals surface area contributed by atoms with Crippen molar-refractivity contribution in [1.29, 1.82) is 5.26 Å². The Morgan fingerprint density at radius 3 is 2.91 bits per heavy atom. The van der Waals surface area contributed by atoms with Crippen LogP contribution in [-0.2, 0) is 0 Å². The second-order valence-electron chi connectivity index (χ2n) is 5.14. The minimum absolute atomic E-state index is 0.113. The van der Waals surface area contributed by atoms with Gasteiger partial charge in [-0.25, -0.2) is 8.78 Å². The molecule has 1 aromatic heterocycles. The summed E-state index contributed by atoms with van der Waals surface area (Å²) in [6, 6.07) is 9.19. The van der Waals surface area contributed by atoms with Crippen LogP contribution < -0.4 is 5.32 Å². The van der Waals surface area contributed by atoms with Crippen molar-refractivity contribution in [3.63, 3.8) is 0 Å². The van der Waals surface area contributed by atoms with E-state index in [4.69, 9.17) is 5.26 Å². The van der Waals surface area contributed by atoms with Gasteiger partial charge in [0.25, 0.3) is 0 Å². The van der Waals surface area contributed by atoms with Gasteiger partial charge in [0.15, 0.2) is 0 Å². The molecule has 0 unspecified atom stereocenters. The van der Waals surface area contributed by atoms with E-state index in [-0.39, 0.29) is 30.2 Å². The zero-order chi connectivity index (χ0) is 15.6. The number of benzene rings is 1. The number of rotatable bonds is 4. The van der Waals surface area contributed by atoms with E-state index in [0.29, 0.717) is 5.69 Å². The van der Waals surface area contributed by atoms with Gasteiger partial charge in [0.05, 0.1) is 0 Å². The van der Waals surface area contributed by atoms with Crippen LogP contribution in [0, 0.1) is 11.3 Å². The molecule has 0 atom stereocenters. The molecule has 0 amide bonds. The molecule has 22 heavy (non-hydrogen) atoms. The normalized spacial score (nSPS) is 17.6. The van der Waals surface area contributed by atoms with Crippen molar-refractivity contribution in [2.75, 3.05) is 5.32 Å². The third kappa shape index (κ3) is 2.93. The summed E-state index contributed by atoms with van der Waals surface area (Å²) >= 11 is 0. The standard InChI is InChI=1S/C14H12F2N6/c15-14(16)5-10(6-14)9-2-1-3-12(4-9)18-8-11(7-17)13-19-21-22-20-13/h1-4,8,10,18H,5-6H2,(H,19,20,21,22).